The molecule has 0 N–H and O–H groups in total. The summed E-state index contributed by atoms with van der Waals surface area (Å²) < 4.78 is 0. The summed E-state index contributed by atoms with van der Waals surface area (Å²) in [7, 11) is 0. The third kappa shape index (κ3) is 1.74. The van der Waals surface area contributed by atoms with Crippen molar-refractivity contribution >= 4 is 29.0 Å². The van der Waals surface area contributed by atoms with Gasteiger partial charge in [0, 0.05) is 10.6 Å². The Balaban J connectivity index is 2.57. The molecule has 1 aromatic heterocycles. The lowest BCUT2D eigenvalue weighted by Crippen LogP contribution is -1.78. The monoisotopic (exact) mass is 220 g/mol. The molecule has 1 heterocycles. The van der Waals surface area contributed by atoms with Crippen LogP contribution in [0.25, 0.3) is 17.2 Å². The molecule has 0 saturated heterocycles. The van der Waals surface area contributed by atoms with E-state index in [0.29, 0.717) is 0 Å². The van der Waals surface area contributed by atoms with Gasteiger partial charge in [0.15, 0.2) is 0 Å². The summed E-state index contributed by atoms with van der Waals surface area (Å²) in [6.07, 6.45) is 1.83. The van der Waals surface area contributed by atoms with Crippen molar-refractivity contribution in [2.45, 2.75) is 0 Å². The number of rotatable bonds is 2. The maximum absolute atomic E-state index is 6.11. The molecule has 0 amide bonds. The summed E-state index contributed by atoms with van der Waals surface area (Å²) in [5.41, 5.74) is 3.34. The molecule has 0 radical (unpaired) electrons. The first-order valence-electron chi connectivity index (χ1n) is 4.26. The zero-order valence-corrected chi connectivity index (χ0v) is 9.11. The van der Waals surface area contributed by atoms with E-state index in [1.165, 1.54) is 5.56 Å². The van der Waals surface area contributed by atoms with Crippen molar-refractivity contribution in [2.75, 3.05) is 0 Å². The standard InChI is InChI=1S/C12H9ClS/c1-2-9-3-4-12(13)11(7-9)10-5-6-14-8-10/h2-8H,1H2. The number of thiophene rings is 1. The summed E-state index contributed by atoms with van der Waals surface area (Å²) in [4.78, 5) is 0. The van der Waals surface area contributed by atoms with Crippen LogP contribution in [-0.2, 0) is 0 Å². The van der Waals surface area contributed by atoms with Crippen LogP contribution in [0.1, 0.15) is 5.56 Å². The largest absolute Gasteiger partial charge is 0.152 e. The van der Waals surface area contributed by atoms with Gasteiger partial charge in [0.25, 0.3) is 0 Å². The van der Waals surface area contributed by atoms with E-state index in [1.807, 2.05) is 23.6 Å². The Morgan fingerprint density at radius 1 is 1.29 bits per heavy atom. The number of benzene rings is 1. The molecule has 2 rings (SSSR count). The van der Waals surface area contributed by atoms with Crippen molar-refractivity contribution in [2.24, 2.45) is 0 Å². The van der Waals surface area contributed by atoms with E-state index in [1.54, 1.807) is 11.3 Å². The summed E-state index contributed by atoms with van der Waals surface area (Å²) in [6.45, 7) is 3.74. The molecule has 0 spiro atoms. The maximum atomic E-state index is 6.11. The summed E-state index contributed by atoms with van der Waals surface area (Å²) in [5.74, 6) is 0. The predicted molar refractivity (Wildman–Crippen MR) is 64.9 cm³/mol. The Hall–Kier alpha value is -1.05. The second-order valence-corrected chi connectivity index (χ2v) is 4.14. The zero-order valence-electron chi connectivity index (χ0n) is 7.53. The molecule has 2 heteroatoms. The summed E-state index contributed by atoms with van der Waals surface area (Å²) in [5, 5.41) is 4.93. The van der Waals surface area contributed by atoms with E-state index >= 15 is 0 Å². The molecule has 0 aliphatic heterocycles. The molecule has 14 heavy (non-hydrogen) atoms. The molecule has 1 aromatic carbocycles. The second-order valence-electron chi connectivity index (χ2n) is 2.96. The molecule has 0 bridgehead atoms. The van der Waals surface area contributed by atoms with E-state index in [-0.39, 0.29) is 0 Å². The van der Waals surface area contributed by atoms with Crippen molar-refractivity contribution in [1.29, 1.82) is 0 Å². The SMILES string of the molecule is C=Cc1ccc(Cl)c(-c2ccsc2)c1. The van der Waals surface area contributed by atoms with Crippen LogP contribution in [0.3, 0.4) is 0 Å². The molecule has 70 valence electrons. The Labute approximate surface area is 92.5 Å². The van der Waals surface area contributed by atoms with Gasteiger partial charge in [0.2, 0.25) is 0 Å². The Bertz CT molecular complexity index is 443. The van der Waals surface area contributed by atoms with E-state index < -0.39 is 0 Å². The van der Waals surface area contributed by atoms with Gasteiger partial charge in [-0.1, -0.05) is 30.3 Å². The molecule has 0 atom stereocenters. The third-order valence-corrected chi connectivity index (χ3v) is 3.07. The lowest BCUT2D eigenvalue weighted by molar-refractivity contribution is 1.64. The fourth-order valence-corrected chi connectivity index (χ4v) is 2.19. The van der Waals surface area contributed by atoms with E-state index in [0.717, 1.165) is 16.1 Å². The van der Waals surface area contributed by atoms with Gasteiger partial charge in [-0.15, -0.1) is 0 Å². The van der Waals surface area contributed by atoms with Crippen molar-refractivity contribution in [3.63, 3.8) is 0 Å². The Morgan fingerprint density at radius 3 is 2.79 bits per heavy atom. The van der Waals surface area contributed by atoms with Crippen LogP contribution in [0.15, 0.2) is 41.6 Å². The highest BCUT2D eigenvalue weighted by atomic mass is 35.5. The molecule has 0 fully saturated rings. The highest BCUT2D eigenvalue weighted by Crippen LogP contribution is 2.30. The molecular weight excluding hydrogens is 212 g/mol. The average molecular weight is 221 g/mol. The topological polar surface area (TPSA) is 0 Å². The van der Waals surface area contributed by atoms with Gasteiger partial charge in [0.1, 0.15) is 0 Å². The van der Waals surface area contributed by atoms with Crippen molar-refractivity contribution in [3.8, 4) is 11.1 Å². The van der Waals surface area contributed by atoms with Gasteiger partial charge in [-0.05, 0) is 40.1 Å². The first-order valence-corrected chi connectivity index (χ1v) is 5.58. The van der Waals surface area contributed by atoms with Crippen molar-refractivity contribution in [3.05, 3.63) is 52.2 Å². The number of hydrogen-bond acceptors (Lipinski definition) is 1. The fraction of sp³-hybridized carbons (Fsp3) is 0. The van der Waals surface area contributed by atoms with Gasteiger partial charge >= 0.3 is 0 Å². The van der Waals surface area contributed by atoms with Gasteiger partial charge in [0.05, 0.1) is 0 Å². The highest BCUT2D eigenvalue weighted by molar-refractivity contribution is 7.08. The van der Waals surface area contributed by atoms with Crippen molar-refractivity contribution in [1.82, 2.24) is 0 Å². The molecule has 2 aromatic rings. The number of hydrogen-bond donors (Lipinski definition) is 0. The van der Waals surface area contributed by atoms with Crippen LogP contribution < -0.4 is 0 Å². The fourth-order valence-electron chi connectivity index (χ4n) is 1.31. The van der Waals surface area contributed by atoms with Gasteiger partial charge in [-0.2, -0.15) is 11.3 Å². The lowest BCUT2D eigenvalue weighted by atomic mass is 10.1. The number of halogens is 1. The first kappa shape index (κ1) is 9.50. The van der Waals surface area contributed by atoms with Crippen LogP contribution in [0, 0.1) is 0 Å². The summed E-state index contributed by atoms with van der Waals surface area (Å²) >= 11 is 7.79. The molecular formula is C12H9ClS. The third-order valence-electron chi connectivity index (χ3n) is 2.06. The normalized spacial score (nSPS) is 10.1. The zero-order chi connectivity index (χ0) is 9.97. The Morgan fingerprint density at radius 2 is 2.14 bits per heavy atom. The lowest BCUT2D eigenvalue weighted by Gasteiger charge is -2.02. The second kappa shape index (κ2) is 3.99. The van der Waals surface area contributed by atoms with Crippen LogP contribution >= 0.6 is 22.9 Å². The van der Waals surface area contributed by atoms with Gasteiger partial charge in [-0.3, -0.25) is 0 Å². The van der Waals surface area contributed by atoms with E-state index in [4.69, 9.17) is 11.6 Å². The molecule has 0 nitrogen and oxygen atoms in total. The molecule has 0 unspecified atom stereocenters. The van der Waals surface area contributed by atoms with Crippen molar-refractivity contribution < 1.29 is 0 Å². The van der Waals surface area contributed by atoms with Crippen LogP contribution in [0.2, 0.25) is 5.02 Å². The minimum absolute atomic E-state index is 0.786. The molecule has 0 aliphatic rings. The quantitative estimate of drug-likeness (QED) is 0.688. The predicted octanol–water partition coefficient (Wildman–Crippen LogP) is 4.71. The first-order chi connectivity index (χ1) is 6.81. The minimum Gasteiger partial charge on any atom is -0.152 e. The smallest absolute Gasteiger partial charge is 0.0485 e. The van der Waals surface area contributed by atoms with E-state index in [2.05, 4.69) is 24.1 Å². The highest BCUT2D eigenvalue weighted by Gasteiger charge is 2.03. The average Bonchev–Trinajstić information content (AvgIpc) is 2.71. The summed E-state index contributed by atoms with van der Waals surface area (Å²) in [6, 6.07) is 7.99. The minimum atomic E-state index is 0.786. The molecule has 0 saturated carbocycles. The van der Waals surface area contributed by atoms with Crippen LogP contribution in [-0.4, -0.2) is 0 Å². The molecule has 0 aliphatic carbocycles. The van der Waals surface area contributed by atoms with Gasteiger partial charge < -0.3 is 0 Å². The Kier molecular flexibility index (Phi) is 2.71. The van der Waals surface area contributed by atoms with Crippen LogP contribution in [0.4, 0.5) is 0 Å². The maximum Gasteiger partial charge on any atom is 0.0485 e. The van der Waals surface area contributed by atoms with Crippen LogP contribution in [0.5, 0.6) is 0 Å². The van der Waals surface area contributed by atoms with Gasteiger partial charge in [-0.25, -0.2) is 0 Å². The van der Waals surface area contributed by atoms with E-state index in [9.17, 15) is 0 Å².